The highest BCUT2D eigenvalue weighted by Crippen LogP contribution is 2.21. The van der Waals surface area contributed by atoms with Gasteiger partial charge in [0.25, 0.3) is 0 Å². The van der Waals surface area contributed by atoms with Crippen LogP contribution in [-0.4, -0.2) is 19.0 Å². The van der Waals surface area contributed by atoms with Crippen LogP contribution in [0.5, 0.6) is 0 Å². The number of rotatable bonds is 6. The van der Waals surface area contributed by atoms with Gasteiger partial charge >= 0.3 is 0 Å². The van der Waals surface area contributed by atoms with Gasteiger partial charge in [0.15, 0.2) is 5.96 Å². The van der Waals surface area contributed by atoms with Crippen LogP contribution in [0.25, 0.3) is 0 Å². The molecule has 2 N–H and O–H groups in total. The van der Waals surface area contributed by atoms with Crippen LogP contribution in [0, 0.1) is 11.3 Å². The lowest BCUT2D eigenvalue weighted by atomic mass is 9.85. The molecular weight excluding hydrogens is 308 g/mol. The van der Waals surface area contributed by atoms with Crippen LogP contribution in [-0.2, 0) is 12.0 Å². The van der Waals surface area contributed by atoms with Crippen molar-refractivity contribution in [2.45, 2.75) is 32.7 Å². The molecule has 0 spiro atoms. The standard InChI is InChI=1S/C21H26N4/c1-4-23-20(24-15-18-12-10-17(14-22)11-13-18)25-16-21(2,3)19-8-6-5-7-9-19/h5-13H,4,15-16H2,1-3H3,(H2,23,24,25). The van der Waals surface area contributed by atoms with E-state index in [0.717, 1.165) is 24.6 Å². The van der Waals surface area contributed by atoms with Crippen LogP contribution in [0.3, 0.4) is 0 Å². The molecule has 2 aromatic rings. The predicted molar refractivity (Wildman–Crippen MR) is 103 cm³/mol. The molecule has 0 aliphatic heterocycles. The second-order valence-corrected chi connectivity index (χ2v) is 6.61. The molecule has 0 fully saturated rings. The molecule has 2 rings (SSSR count). The van der Waals surface area contributed by atoms with Gasteiger partial charge < -0.3 is 10.6 Å². The van der Waals surface area contributed by atoms with Crippen molar-refractivity contribution < 1.29 is 0 Å². The first kappa shape index (κ1) is 18.5. The summed E-state index contributed by atoms with van der Waals surface area (Å²) in [5.74, 6) is 0.802. The maximum absolute atomic E-state index is 8.86. The number of aliphatic imine (C=N–C) groups is 1. The van der Waals surface area contributed by atoms with E-state index in [9.17, 15) is 0 Å². The fraction of sp³-hybridized carbons (Fsp3) is 0.333. The van der Waals surface area contributed by atoms with E-state index in [1.54, 1.807) is 0 Å². The highest BCUT2D eigenvalue weighted by molar-refractivity contribution is 5.79. The number of hydrogen-bond donors (Lipinski definition) is 2. The summed E-state index contributed by atoms with van der Waals surface area (Å²) in [5, 5.41) is 15.6. The molecule has 2 aromatic carbocycles. The van der Waals surface area contributed by atoms with E-state index in [1.807, 2.05) is 30.3 Å². The third kappa shape index (κ3) is 5.65. The van der Waals surface area contributed by atoms with Crippen molar-refractivity contribution >= 4 is 5.96 Å². The Balaban J connectivity index is 2.00. The van der Waals surface area contributed by atoms with E-state index < -0.39 is 0 Å². The minimum atomic E-state index is 0.00585. The van der Waals surface area contributed by atoms with E-state index in [4.69, 9.17) is 5.26 Å². The second-order valence-electron chi connectivity index (χ2n) is 6.61. The molecule has 0 unspecified atom stereocenters. The average Bonchev–Trinajstić information content (AvgIpc) is 2.65. The zero-order valence-corrected chi connectivity index (χ0v) is 15.2. The third-order valence-electron chi connectivity index (χ3n) is 4.10. The second kappa shape index (κ2) is 8.89. The van der Waals surface area contributed by atoms with Crippen molar-refractivity contribution in [3.05, 3.63) is 71.3 Å². The number of nitrogens with zero attached hydrogens (tertiary/aromatic N) is 2. The molecule has 0 saturated carbocycles. The number of benzene rings is 2. The highest BCUT2D eigenvalue weighted by Gasteiger charge is 2.20. The Kier molecular flexibility index (Phi) is 6.59. The molecule has 0 aliphatic rings. The number of nitrogens with one attached hydrogen (secondary N) is 2. The molecule has 4 nitrogen and oxygen atoms in total. The lowest BCUT2D eigenvalue weighted by molar-refractivity contribution is 0.508. The van der Waals surface area contributed by atoms with E-state index in [0.29, 0.717) is 12.1 Å². The van der Waals surface area contributed by atoms with Gasteiger partial charge in [-0.25, -0.2) is 4.99 Å². The summed E-state index contributed by atoms with van der Waals surface area (Å²) in [6.45, 7) is 8.67. The summed E-state index contributed by atoms with van der Waals surface area (Å²) >= 11 is 0. The summed E-state index contributed by atoms with van der Waals surface area (Å²) in [6.07, 6.45) is 0. The number of guanidine groups is 1. The summed E-state index contributed by atoms with van der Waals surface area (Å²) in [6, 6.07) is 20.2. The molecule has 0 aliphatic carbocycles. The molecular formula is C21H26N4. The van der Waals surface area contributed by atoms with Gasteiger partial charge in [-0.3, -0.25) is 0 Å². The molecule has 130 valence electrons. The molecule has 0 heterocycles. The largest absolute Gasteiger partial charge is 0.357 e. The first-order valence-corrected chi connectivity index (χ1v) is 8.62. The van der Waals surface area contributed by atoms with Crippen molar-refractivity contribution in [3.8, 4) is 6.07 Å². The van der Waals surface area contributed by atoms with Crippen LogP contribution in [0.15, 0.2) is 59.6 Å². The smallest absolute Gasteiger partial charge is 0.191 e. The Morgan fingerprint density at radius 2 is 1.72 bits per heavy atom. The minimum absolute atomic E-state index is 0.00585. The highest BCUT2D eigenvalue weighted by atomic mass is 15.2. The zero-order valence-electron chi connectivity index (χ0n) is 15.2. The topological polar surface area (TPSA) is 60.2 Å². The summed E-state index contributed by atoms with van der Waals surface area (Å²) in [4.78, 5) is 4.65. The maximum atomic E-state index is 8.86. The van der Waals surface area contributed by atoms with Gasteiger partial charge in [-0.05, 0) is 30.2 Å². The summed E-state index contributed by atoms with van der Waals surface area (Å²) < 4.78 is 0. The Morgan fingerprint density at radius 3 is 2.32 bits per heavy atom. The van der Waals surface area contributed by atoms with E-state index in [2.05, 4.69) is 66.7 Å². The van der Waals surface area contributed by atoms with Crippen molar-refractivity contribution in [1.82, 2.24) is 10.6 Å². The van der Waals surface area contributed by atoms with Crippen LogP contribution >= 0.6 is 0 Å². The Bertz CT molecular complexity index is 725. The first-order valence-electron chi connectivity index (χ1n) is 8.62. The molecule has 0 radical (unpaired) electrons. The fourth-order valence-corrected chi connectivity index (χ4v) is 2.49. The summed E-state index contributed by atoms with van der Waals surface area (Å²) in [5.41, 5.74) is 3.05. The minimum Gasteiger partial charge on any atom is -0.357 e. The summed E-state index contributed by atoms with van der Waals surface area (Å²) in [7, 11) is 0. The van der Waals surface area contributed by atoms with E-state index in [-0.39, 0.29) is 5.41 Å². The first-order chi connectivity index (χ1) is 12.0. The molecule has 0 saturated heterocycles. The van der Waals surface area contributed by atoms with Gasteiger partial charge in [0.1, 0.15) is 0 Å². The van der Waals surface area contributed by atoms with Crippen LogP contribution in [0.4, 0.5) is 0 Å². The van der Waals surface area contributed by atoms with E-state index in [1.165, 1.54) is 5.56 Å². The van der Waals surface area contributed by atoms with Crippen LogP contribution < -0.4 is 10.6 Å². The fourth-order valence-electron chi connectivity index (χ4n) is 2.49. The van der Waals surface area contributed by atoms with Gasteiger partial charge in [0, 0.05) is 18.5 Å². The average molecular weight is 334 g/mol. The van der Waals surface area contributed by atoms with Crippen LogP contribution in [0.1, 0.15) is 37.5 Å². The number of hydrogen-bond acceptors (Lipinski definition) is 2. The monoisotopic (exact) mass is 334 g/mol. The predicted octanol–water partition coefficient (Wildman–Crippen LogP) is 3.59. The van der Waals surface area contributed by atoms with E-state index >= 15 is 0 Å². The van der Waals surface area contributed by atoms with Crippen LogP contribution in [0.2, 0.25) is 0 Å². The molecule has 0 amide bonds. The maximum Gasteiger partial charge on any atom is 0.191 e. The zero-order chi connectivity index (χ0) is 18.1. The van der Waals surface area contributed by atoms with Gasteiger partial charge in [-0.2, -0.15) is 5.26 Å². The molecule has 4 heteroatoms. The lowest BCUT2D eigenvalue weighted by Gasteiger charge is -2.26. The Labute approximate surface area is 150 Å². The number of nitriles is 1. The SMILES string of the molecule is CCNC(=NCc1ccc(C#N)cc1)NCC(C)(C)c1ccccc1. The quantitative estimate of drug-likeness (QED) is 0.627. The lowest BCUT2D eigenvalue weighted by Crippen LogP contribution is -2.43. The van der Waals surface area contributed by atoms with Crippen molar-refractivity contribution in [3.63, 3.8) is 0 Å². The molecule has 0 bridgehead atoms. The van der Waals surface area contributed by atoms with Gasteiger partial charge in [-0.15, -0.1) is 0 Å². The Morgan fingerprint density at radius 1 is 1.04 bits per heavy atom. The normalized spacial score (nSPS) is 11.7. The van der Waals surface area contributed by atoms with Gasteiger partial charge in [0.05, 0.1) is 18.2 Å². The van der Waals surface area contributed by atoms with Crippen molar-refractivity contribution in [2.75, 3.05) is 13.1 Å². The van der Waals surface area contributed by atoms with Crippen molar-refractivity contribution in [2.24, 2.45) is 4.99 Å². The Hall–Kier alpha value is -2.80. The van der Waals surface area contributed by atoms with Gasteiger partial charge in [0.2, 0.25) is 0 Å². The van der Waals surface area contributed by atoms with Gasteiger partial charge in [-0.1, -0.05) is 56.3 Å². The van der Waals surface area contributed by atoms with Crippen molar-refractivity contribution in [1.29, 1.82) is 5.26 Å². The molecule has 0 aromatic heterocycles. The molecule has 0 atom stereocenters. The third-order valence-corrected chi connectivity index (χ3v) is 4.10. The molecule has 25 heavy (non-hydrogen) atoms.